The van der Waals surface area contributed by atoms with Gasteiger partial charge in [-0.15, -0.1) is 38.0 Å². The Kier molecular flexibility index (Phi) is 13.1. The van der Waals surface area contributed by atoms with Gasteiger partial charge in [0.1, 0.15) is 0 Å². The predicted molar refractivity (Wildman–Crippen MR) is 236 cm³/mol. The summed E-state index contributed by atoms with van der Waals surface area (Å²) in [5, 5.41) is 32.4. The van der Waals surface area contributed by atoms with Crippen molar-refractivity contribution in [1.29, 1.82) is 0 Å². The number of carbonyl (C=O) groups is 1. The number of azo groups is 1. The summed E-state index contributed by atoms with van der Waals surface area (Å²) in [4.78, 5) is 44.9. The minimum atomic E-state index is -0.391. The van der Waals surface area contributed by atoms with Crippen LogP contribution in [0.15, 0.2) is 116 Å². The number of nitrogens with one attached hydrogen (secondary N) is 3. The molecule has 0 saturated heterocycles. The number of aromatic nitrogens is 9. The summed E-state index contributed by atoms with van der Waals surface area (Å²) in [6, 6.07) is 24.1. The molecule has 3 N–H and O–H groups in total. The lowest BCUT2D eigenvalue weighted by Crippen LogP contribution is -2.27. The number of anilines is 1. The average molecular weight is 878 g/mol. The van der Waals surface area contributed by atoms with Crippen LogP contribution in [0.5, 0.6) is 0 Å². The monoisotopic (exact) mass is 877 g/mol. The van der Waals surface area contributed by atoms with Crippen molar-refractivity contribution < 1.29 is 9.53 Å². The molecule has 0 atom stereocenters. The lowest BCUT2D eigenvalue weighted by Gasteiger charge is -2.10. The Morgan fingerprint density at radius 2 is 1.77 bits per heavy atom. The summed E-state index contributed by atoms with van der Waals surface area (Å²) in [5.74, 6) is 1.25. The molecule has 8 aromatic rings. The molecule has 60 heavy (non-hydrogen) atoms. The molecule has 5 aromatic heterocycles. The number of fused-ring (bicyclic) bond motifs is 1. The molecular formula is C40H36ClN13O3S3. The minimum Gasteiger partial charge on any atom is -0.378 e. The quantitative estimate of drug-likeness (QED) is 0.0324. The fourth-order valence-electron chi connectivity index (χ4n) is 5.88. The number of rotatable bonds is 18. The summed E-state index contributed by atoms with van der Waals surface area (Å²) in [5.41, 5.74) is 5.23. The maximum absolute atomic E-state index is 13.6. The van der Waals surface area contributed by atoms with Crippen molar-refractivity contribution in [2.45, 2.75) is 25.0 Å². The highest BCUT2D eigenvalue weighted by Gasteiger charge is 2.20. The van der Waals surface area contributed by atoms with Crippen LogP contribution in [0.3, 0.4) is 0 Å². The zero-order valence-corrected chi connectivity index (χ0v) is 35.2. The molecule has 0 spiro atoms. The van der Waals surface area contributed by atoms with Crippen LogP contribution >= 0.6 is 46.0 Å². The smallest absolute Gasteiger partial charge is 0.301 e. The number of ether oxygens (including phenoxy) is 1. The first-order valence-corrected chi connectivity index (χ1v) is 21.9. The first kappa shape index (κ1) is 40.7. The van der Waals surface area contributed by atoms with E-state index in [2.05, 4.69) is 48.2 Å². The summed E-state index contributed by atoms with van der Waals surface area (Å²) in [7, 11) is 0. The van der Waals surface area contributed by atoms with Crippen molar-refractivity contribution in [3.8, 4) is 27.6 Å². The molecule has 3 aromatic carbocycles. The fourth-order valence-corrected chi connectivity index (χ4v) is 7.94. The van der Waals surface area contributed by atoms with Gasteiger partial charge in [-0.1, -0.05) is 90.1 Å². The Bertz CT molecular complexity index is 2770. The SMILES string of the molecule is CCCSc1nc(NCCOCCNC(=O)c2ccc(-c3csc(-n4[nH]c(-c5ccccc5)c(N=Nc5nccs5)c4=O)n3)cc2)c2nnn(Cc3ccc(Cl)cc3)c2n1. The van der Waals surface area contributed by atoms with Crippen LogP contribution in [-0.4, -0.2) is 82.7 Å². The highest BCUT2D eigenvalue weighted by Crippen LogP contribution is 2.31. The predicted octanol–water partition coefficient (Wildman–Crippen LogP) is 8.43. The molecule has 5 heterocycles. The van der Waals surface area contributed by atoms with E-state index >= 15 is 0 Å². The van der Waals surface area contributed by atoms with Crippen LogP contribution in [-0.2, 0) is 11.3 Å². The Morgan fingerprint density at radius 1 is 0.950 bits per heavy atom. The second-order valence-electron chi connectivity index (χ2n) is 13.0. The van der Waals surface area contributed by atoms with E-state index in [-0.39, 0.29) is 11.6 Å². The first-order chi connectivity index (χ1) is 29.4. The van der Waals surface area contributed by atoms with E-state index in [1.54, 1.807) is 40.2 Å². The van der Waals surface area contributed by atoms with E-state index in [0.29, 0.717) is 87.2 Å². The lowest BCUT2D eigenvalue weighted by molar-refractivity contribution is 0.0921. The lowest BCUT2D eigenvalue weighted by atomic mass is 10.1. The molecular weight excluding hydrogens is 842 g/mol. The summed E-state index contributed by atoms with van der Waals surface area (Å²) >= 11 is 10.3. The second kappa shape index (κ2) is 19.3. The Morgan fingerprint density at radius 3 is 2.55 bits per heavy atom. The van der Waals surface area contributed by atoms with Crippen molar-refractivity contribution in [3.63, 3.8) is 0 Å². The van der Waals surface area contributed by atoms with Crippen LogP contribution in [0.2, 0.25) is 5.02 Å². The van der Waals surface area contributed by atoms with Crippen molar-refractivity contribution in [2.75, 3.05) is 37.4 Å². The fraction of sp³-hybridized carbons (Fsp3) is 0.200. The average Bonchev–Trinajstić information content (AvgIpc) is 4.11. The van der Waals surface area contributed by atoms with Gasteiger partial charge in [0.2, 0.25) is 10.3 Å². The number of carbonyl (C=O) groups excluding carboxylic acids is 1. The van der Waals surface area contributed by atoms with Crippen LogP contribution in [0.1, 0.15) is 29.3 Å². The maximum atomic E-state index is 13.6. The van der Waals surface area contributed by atoms with Gasteiger partial charge in [0.15, 0.2) is 27.8 Å². The molecule has 0 radical (unpaired) electrons. The van der Waals surface area contributed by atoms with Crippen molar-refractivity contribution >= 4 is 79.7 Å². The largest absolute Gasteiger partial charge is 0.378 e. The number of nitrogens with zero attached hydrogens (tertiary/aromatic N) is 10. The van der Waals surface area contributed by atoms with E-state index in [1.165, 1.54) is 27.4 Å². The molecule has 20 heteroatoms. The van der Waals surface area contributed by atoms with E-state index in [9.17, 15) is 9.59 Å². The van der Waals surface area contributed by atoms with Gasteiger partial charge < -0.3 is 15.4 Å². The highest BCUT2D eigenvalue weighted by molar-refractivity contribution is 7.99. The van der Waals surface area contributed by atoms with E-state index < -0.39 is 5.56 Å². The van der Waals surface area contributed by atoms with Crippen molar-refractivity contribution in [1.82, 2.24) is 50.0 Å². The van der Waals surface area contributed by atoms with Gasteiger partial charge in [0.25, 0.3) is 5.91 Å². The Balaban J connectivity index is 0.839. The molecule has 0 aliphatic carbocycles. The van der Waals surface area contributed by atoms with Crippen LogP contribution < -0.4 is 16.2 Å². The molecule has 0 unspecified atom stereocenters. The van der Waals surface area contributed by atoms with Crippen LogP contribution in [0.25, 0.3) is 38.8 Å². The van der Waals surface area contributed by atoms with Gasteiger partial charge in [0.05, 0.1) is 31.1 Å². The first-order valence-electron chi connectivity index (χ1n) is 18.8. The number of halogens is 1. The zero-order valence-electron chi connectivity index (χ0n) is 32.0. The second-order valence-corrected chi connectivity index (χ2v) is 16.2. The van der Waals surface area contributed by atoms with Crippen molar-refractivity contribution in [2.24, 2.45) is 10.2 Å². The molecule has 1 amide bonds. The van der Waals surface area contributed by atoms with E-state index in [0.717, 1.165) is 28.9 Å². The van der Waals surface area contributed by atoms with Gasteiger partial charge in [0, 0.05) is 57.5 Å². The maximum Gasteiger partial charge on any atom is 0.301 e. The Hall–Kier alpha value is -6.12. The molecule has 0 saturated carbocycles. The van der Waals surface area contributed by atoms with Crippen LogP contribution in [0, 0.1) is 0 Å². The van der Waals surface area contributed by atoms with Gasteiger partial charge in [-0.3, -0.25) is 14.7 Å². The van der Waals surface area contributed by atoms with Crippen LogP contribution in [0.4, 0.5) is 16.6 Å². The molecule has 0 aliphatic heterocycles. The topological polar surface area (TPSA) is 195 Å². The standard InChI is InChI=1S/C40H36ClN13O3S3/c1-2-21-58-39-46-34(33-35(47-39)53(52-49-33)23-25-8-14-29(41)15-9-25)42-16-19-57-20-17-43-36(55)28-12-10-26(11-13-28)30-24-60-40(45-30)54-37(56)32(48-50-38-44-18-22-59-38)31(51-54)27-6-4-3-5-7-27/h3-15,18,22,24,51H,2,16-17,19-21,23H2,1H3,(H,43,55)(H,42,46,47). The number of aromatic amines is 1. The highest BCUT2D eigenvalue weighted by atomic mass is 35.5. The number of benzene rings is 3. The molecule has 0 aliphatic rings. The summed E-state index contributed by atoms with van der Waals surface area (Å²) in [6.07, 6.45) is 2.62. The normalized spacial score (nSPS) is 11.5. The molecule has 16 nitrogen and oxygen atoms in total. The van der Waals surface area contributed by atoms with E-state index in [4.69, 9.17) is 31.3 Å². The van der Waals surface area contributed by atoms with Gasteiger partial charge in [-0.05, 0) is 36.2 Å². The number of amides is 1. The van der Waals surface area contributed by atoms with Gasteiger partial charge in [-0.25, -0.2) is 24.6 Å². The number of thioether (sulfide) groups is 1. The summed E-state index contributed by atoms with van der Waals surface area (Å²) < 4.78 is 8.93. The van der Waals surface area contributed by atoms with E-state index in [1.807, 2.05) is 72.1 Å². The molecule has 0 fully saturated rings. The van der Waals surface area contributed by atoms with Gasteiger partial charge >= 0.3 is 5.56 Å². The number of H-pyrrole nitrogens is 1. The summed E-state index contributed by atoms with van der Waals surface area (Å²) in [6.45, 7) is 4.09. The molecule has 8 rings (SSSR count). The molecule has 0 bridgehead atoms. The number of thiazole rings is 2. The van der Waals surface area contributed by atoms with Gasteiger partial charge in [-0.2, -0.15) is 4.68 Å². The zero-order chi connectivity index (χ0) is 41.3. The number of hydrogen-bond acceptors (Lipinski definition) is 15. The third-order valence-corrected chi connectivity index (χ3v) is 11.6. The minimum absolute atomic E-state index is 0.151. The Labute approximate surface area is 360 Å². The third kappa shape index (κ3) is 9.67. The molecule has 304 valence electrons. The number of hydrogen-bond donors (Lipinski definition) is 3. The van der Waals surface area contributed by atoms with Crippen molar-refractivity contribution in [3.05, 3.63) is 122 Å². The third-order valence-electron chi connectivity index (χ3n) is 8.80.